The molecule has 15 heavy (non-hydrogen) atoms. The molecule has 0 spiro atoms. The molecule has 78 valence electrons. The van der Waals surface area contributed by atoms with Crippen LogP contribution >= 0.6 is 11.8 Å². The van der Waals surface area contributed by atoms with Crippen LogP contribution in [0.15, 0.2) is 18.2 Å². The molecule has 1 aliphatic rings. The molecule has 0 saturated carbocycles. The van der Waals surface area contributed by atoms with E-state index in [0.29, 0.717) is 5.92 Å². The summed E-state index contributed by atoms with van der Waals surface area (Å²) >= 11 is 2.01. The smallest absolute Gasteiger partial charge is 0.111 e. The zero-order chi connectivity index (χ0) is 10.3. The van der Waals surface area contributed by atoms with Gasteiger partial charge in [0, 0.05) is 17.4 Å². The second-order valence-electron chi connectivity index (χ2n) is 3.96. The molecule has 1 unspecified atom stereocenters. The third kappa shape index (κ3) is 1.59. The summed E-state index contributed by atoms with van der Waals surface area (Å²) < 4.78 is 0. The van der Waals surface area contributed by atoms with E-state index in [1.165, 1.54) is 17.9 Å². The van der Waals surface area contributed by atoms with E-state index in [0.717, 1.165) is 22.5 Å². The Labute approximate surface area is 92.5 Å². The fourth-order valence-corrected chi connectivity index (χ4v) is 3.22. The van der Waals surface area contributed by atoms with Crippen LogP contribution in [0.5, 0.6) is 0 Å². The fraction of sp³-hybridized carbons (Fsp3) is 0.364. The molecule has 3 rings (SSSR count). The van der Waals surface area contributed by atoms with Crippen LogP contribution in [0.3, 0.4) is 0 Å². The maximum Gasteiger partial charge on any atom is 0.111 e. The van der Waals surface area contributed by atoms with E-state index in [9.17, 15) is 0 Å². The van der Waals surface area contributed by atoms with Gasteiger partial charge >= 0.3 is 0 Å². The van der Waals surface area contributed by atoms with E-state index in [-0.39, 0.29) is 0 Å². The Morgan fingerprint density at radius 1 is 1.47 bits per heavy atom. The first kappa shape index (κ1) is 9.09. The van der Waals surface area contributed by atoms with Crippen LogP contribution in [-0.2, 0) is 0 Å². The molecule has 2 aromatic rings. The van der Waals surface area contributed by atoms with Crippen LogP contribution in [0, 0.1) is 0 Å². The number of H-pyrrole nitrogens is 1. The molecule has 1 aromatic heterocycles. The van der Waals surface area contributed by atoms with Crippen molar-refractivity contribution in [3.63, 3.8) is 0 Å². The van der Waals surface area contributed by atoms with Gasteiger partial charge in [-0.15, -0.1) is 0 Å². The van der Waals surface area contributed by atoms with Gasteiger partial charge in [-0.05, 0) is 30.4 Å². The molecule has 1 aliphatic heterocycles. The zero-order valence-corrected chi connectivity index (χ0v) is 9.18. The van der Waals surface area contributed by atoms with Gasteiger partial charge in [-0.1, -0.05) is 0 Å². The molecule has 2 heterocycles. The molecular formula is C11H13N3S. The third-order valence-electron chi connectivity index (χ3n) is 2.84. The molecule has 4 heteroatoms. The Morgan fingerprint density at radius 3 is 3.20 bits per heavy atom. The number of imidazole rings is 1. The van der Waals surface area contributed by atoms with Gasteiger partial charge in [0.05, 0.1) is 11.0 Å². The van der Waals surface area contributed by atoms with Crippen LogP contribution in [0.2, 0.25) is 0 Å². The number of hydrogen-bond acceptors (Lipinski definition) is 3. The quantitative estimate of drug-likeness (QED) is 0.724. The Kier molecular flexibility index (Phi) is 2.09. The predicted octanol–water partition coefficient (Wildman–Crippen LogP) is 2.37. The SMILES string of the molecule is Nc1ccc2nc(C3CCSC3)[nH]c2c1. The lowest BCUT2D eigenvalue weighted by molar-refractivity contribution is 0.733. The van der Waals surface area contributed by atoms with Crippen molar-refractivity contribution in [2.45, 2.75) is 12.3 Å². The summed E-state index contributed by atoms with van der Waals surface area (Å²) in [5.74, 6) is 4.17. The summed E-state index contributed by atoms with van der Waals surface area (Å²) in [6.07, 6.45) is 1.24. The number of rotatable bonds is 1. The second kappa shape index (κ2) is 3.45. The summed E-state index contributed by atoms with van der Waals surface area (Å²) in [5, 5.41) is 0. The van der Waals surface area contributed by atoms with E-state index >= 15 is 0 Å². The van der Waals surface area contributed by atoms with Gasteiger partial charge in [0.15, 0.2) is 0 Å². The number of aromatic amines is 1. The minimum atomic E-state index is 0.601. The highest BCUT2D eigenvalue weighted by molar-refractivity contribution is 7.99. The maximum absolute atomic E-state index is 5.73. The summed E-state index contributed by atoms with van der Waals surface area (Å²) in [6.45, 7) is 0. The summed E-state index contributed by atoms with van der Waals surface area (Å²) in [6, 6.07) is 5.83. The Balaban J connectivity index is 2.05. The maximum atomic E-state index is 5.73. The van der Waals surface area contributed by atoms with Gasteiger partial charge in [-0.3, -0.25) is 0 Å². The number of nitrogens with zero attached hydrogens (tertiary/aromatic N) is 1. The summed E-state index contributed by atoms with van der Waals surface area (Å²) in [4.78, 5) is 7.99. The second-order valence-corrected chi connectivity index (χ2v) is 5.11. The van der Waals surface area contributed by atoms with Crippen LogP contribution in [0.1, 0.15) is 18.2 Å². The number of hydrogen-bond donors (Lipinski definition) is 2. The van der Waals surface area contributed by atoms with E-state index < -0.39 is 0 Å². The molecule has 1 fully saturated rings. The van der Waals surface area contributed by atoms with Crippen molar-refractivity contribution in [1.29, 1.82) is 0 Å². The number of aromatic nitrogens is 2. The van der Waals surface area contributed by atoms with Crippen LogP contribution in [-0.4, -0.2) is 21.5 Å². The molecule has 1 aromatic carbocycles. The number of nitrogens with one attached hydrogen (secondary N) is 1. The van der Waals surface area contributed by atoms with E-state index in [2.05, 4.69) is 9.97 Å². The molecule has 0 bridgehead atoms. The first-order valence-corrected chi connectivity index (χ1v) is 6.31. The largest absolute Gasteiger partial charge is 0.399 e. The zero-order valence-electron chi connectivity index (χ0n) is 8.36. The molecule has 3 N–H and O–H groups in total. The number of thioether (sulfide) groups is 1. The molecule has 0 radical (unpaired) electrons. The topological polar surface area (TPSA) is 54.7 Å². The first-order valence-electron chi connectivity index (χ1n) is 5.16. The molecule has 1 atom stereocenters. The molecule has 0 aliphatic carbocycles. The fourth-order valence-electron chi connectivity index (χ4n) is 1.99. The van der Waals surface area contributed by atoms with Gasteiger partial charge in [0.1, 0.15) is 5.82 Å². The molecule has 3 nitrogen and oxygen atoms in total. The van der Waals surface area contributed by atoms with E-state index in [1.807, 2.05) is 30.0 Å². The van der Waals surface area contributed by atoms with Gasteiger partial charge in [0.25, 0.3) is 0 Å². The molecule has 0 amide bonds. The summed E-state index contributed by atoms with van der Waals surface area (Å²) in [7, 11) is 0. The summed E-state index contributed by atoms with van der Waals surface area (Å²) in [5.41, 5.74) is 8.61. The normalized spacial score (nSPS) is 21.2. The van der Waals surface area contributed by atoms with Crippen molar-refractivity contribution in [3.05, 3.63) is 24.0 Å². The number of nitrogen functional groups attached to an aromatic ring is 1. The number of fused-ring (bicyclic) bond motifs is 1. The molecule has 1 saturated heterocycles. The van der Waals surface area contributed by atoms with Crippen LogP contribution in [0.25, 0.3) is 11.0 Å². The highest BCUT2D eigenvalue weighted by Gasteiger charge is 2.20. The van der Waals surface area contributed by atoms with Crippen LogP contribution < -0.4 is 5.73 Å². The van der Waals surface area contributed by atoms with Crippen molar-refractivity contribution in [3.8, 4) is 0 Å². The first-order chi connectivity index (χ1) is 7.33. The van der Waals surface area contributed by atoms with Gasteiger partial charge in [-0.2, -0.15) is 11.8 Å². The van der Waals surface area contributed by atoms with Crippen molar-refractivity contribution in [1.82, 2.24) is 9.97 Å². The Hall–Kier alpha value is -1.16. The van der Waals surface area contributed by atoms with E-state index in [1.54, 1.807) is 0 Å². The van der Waals surface area contributed by atoms with Crippen molar-refractivity contribution >= 4 is 28.5 Å². The van der Waals surface area contributed by atoms with Crippen LogP contribution in [0.4, 0.5) is 5.69 Å². The molecular weight excluding hydrogens is 206 g/mol. The average Bonchev–Trinajstić information content (AvgIpc) is 2.84. The number of benzene rings is 1. The van der Waals surface area contributed by atoms with Gasteiger partial charge in [-0.25, -0.2) is 4.98 Å². The van der Waals surface area contributed by atoms with Gasteiger partial charge in [0.2, 0.25) is 0 Å². The average molecular weight is 219 g/mol. The van der Waals surface area contributed by atoms with Crippen molar-refractivity contribution in [2.24, 2.45) is 0 Å². The van der Waals surface area contributed by atoms with E-state index in [4.69, 9.17) is 5.73 Å². The number of anilines is 1. The number of nitrogens with two attached hydrogens (primary N) is 1. The third-order valence-corrected chi connectivity index (χ3v) is 4.00. The Morgan fingerprint density at radius 2 is 2.40 bits per heavy atom. The highest BCUT2D eigenvalue weighted by Crippen LogP contribution is 2.31. The minimum Gasteiger partial charge on any atom is -0.399 e. The highest BCUT2D eigenvalue weighted by atomic mass is 32.2. The lowest BCUT2D eigenvalue weighted by Crippen LogP contribution is -1.98. The minimum absolute atomic E-state index is 0.601. The van der Waals surface area contributed by atoms with Crippen molar-refractivity contribution in [2.75, 3.05) is 17.2 Å². The van der Waals surface area contributed by atoms with Crippen molar-refractivity contribution < 1.29 is 0 Å². The Bertz CT molecular complexity index is 486. The lowest BCUT2D eigenvalue weighted by atomic mass is 10.1. The lowest BCUT2D eigenvalue weighted by Gasteiger charge is -2.01. The van der Waals surface area contributed by atoms with Gasteiger partial charge < -0.3 is 10.7 Å². The monoisotopic (exact) mass is 219 g/mol. The predicted molar refractivity (Wildman–Crippen MR) is 65.2 cm³/mol. The standard InChI is InChI=1S/C11H13N3S/c12-8-1-2-9-10(5-8)14-11(13-9)7-3-4-15-6-7/h1-2,5,7H,3-4,6,12H2,(H,13,14).